The second-order valence-electron chi connectivity index (χ2n) is 9.34. The van der Waals surface area contributed by atoms with Crippen molar-refractivity contribution in [2.45, 2.75) is 70.3 Å². The number of nitrogens with zero attached hydrogens (tertiary/aromatic N) is 1. The van der Waals surface area contributed by atoms with E-state index >= 15 is 0 Å². The van der Waals surface area contributed by atoms with Gasteiger partial charge in [-0.1, -0.05) is 0 Å². The number of carbonyl (C=O) groups excluding carboxylic acids is 2. The van der Waals surface area contributed by atoms with Crippen LogP contribution in [0.2, 0.25) is 0 Å². The summed E-state index contributed by atoms with van der Waals surface area (Å²) in [6.45, 7) is 1.44. The fourth-order valence-corrected chi connectivity index (χ4v) is 6.76. The van der Waals surface area contributed by atoms with E-state index in [1.54, 1.807) is 0 Å². The Morgan fingerprint density at radius 1 is 1.04 bits per heavy atom. The molecule has 1 saturated heterocycles. The van der Waals surface area contributed by atoms with E-state index in [2.05, 4.69) is 5.32 Å². The molecule has 0 aromatic carbocycles. The van der Waals surface area contributed by atoms with Gasteiger partial charge in [-0.05, 0) is 81.0 Å². The van der Waals surface area contributed by atoms with Gasteiger partial charge in [-0.25, -0.2) is 0 Å². The normalized spacial score (nSPS) is 38.0. The van der Waals surface area contributed by atoms with Crippen LogP contribution in [0.5, 0.6) is 0 Å². The first-order chi connectivity index (χ1) is 12.1. The van der Waals surface area contributed by atoms with Gasteiger partial charge in [-0.15, -0.1) is 12.4 Å². The minimum Gasteiger partial charge on any atom is -0.347 e. The van der Waals surface area contributed by atoms with Crippen LogP contribution in [0.25, 0.3) is 0 Å². The number of hydrogen-bond acceptors (Lipinski definition) is 3. The van der Waals surface area contributed by atoms with E-state index in [1.807, 2.05) is 4.90 Å². The first-order valence-electron chi connectivity index (χ1n) is 10.3. The van der Waals surface area contributed by atoms with Gasteiger partial charge in [0, 0.05) is 25.6 Å². The number of likely N-dealkylation sites (tertiary alicyclic amines) is 1. The topological polar surface area (TPSA) is 75.4 Å². The molecule has 5 fully saturated rings. The van der Waals surface area contributed by atoms with Crippen LogP contribution < -0.4 is 11.1 Å². The number of nitrogens with two attached hydrogens (primary N) is 1. The first-order valence-corrected chi connectivity index (χ1v) is 10.3. The Morgan fingerprint density at radius 3 is 2.23 bits per heavy atom. The molecule has 5 nitrogen and oxygen atoms in total. The third-order valence-corrected chi connectivity index (χ3v) is 7.36. The predicted octanol–water partition coefficient (Wildman–Crippen LogP) is 2.47. The lowest BCUT2D eigenvalue weighted by molar-refractivity contribution is -0.137. The molecule has 5 rings (SSSR count). The molecule has 0 spiro atoms. The summed E-state index contributed by atoms with van der Waals surface area (Å²) in [5, 5.41) is 2.93. The molecule has 1 heterocycles. The van der Waals surface area contributed by atoms with Gasteiger partial charge in [0.25, 0.3) is 0 Å². The predicted molar refractivity (Wildman–Crippen MR) is 104 cm³/mol. The zero-order valence-electron chi connectivity index (χ0n) is 15.8. The fourth-order valence-electron chi connectivity index (χ4n) is 6.76. The van der Waals surface area contributed by atoms with Crippen LogP contribution in [-0.2, 0) is 9.59 Å². The van der Waals surface area contributed by atoms with Crippen molar-refractivity contribution in [3.05, 3.63) is 0 Å². The molecule has 5 aliphatic rings. The molecule has 0 radical (unpaired) electrons. The smallest absolute Gasteiger partial charge is 0.242 e. The molecule has 148 valence electrons. The van der Waals surface area contributed by atoms with Gasteiger partial charge in [0.2, 0.25) is 11.8 Å². The number of amides is 2. The molecule has 4 saturated carbocycles. The highest BCUT2D eigenvalue weighted by Gasteiger charge is 2.51. The molecule has 6 heteroatoms. The second kappa shape index (κ2) is 8.05. The zero-order chi connectivity index (χ0) is 17.4. The largest absolute Gasteiger partial charge is 0.347 e. The van der Waals surface area contributed by atoms with Crippen molar-refractivity contribution in [1.29, 1.82) is 0 Å². The summed E-state index contributed by atoms with van der Waals surface area (Å²) < 4.78 is 0. The molecule has 0 aromatic heterocycles. The number of nitrogens with one attached hydrogen (secondary N) is 1. The van der Waals surface area contributed by atoms with Gasteiger partial charge in [0.1, 0.15) is 0 Å². The third-order valence-electron chi connectivity index (χ3n) is 7.36. The van der Waals surface area contributed by atoms with E-state index < -0.39 is 0 Å². The maximum Gasteiger partial charge on any atom is 0.242 e. The summed E-state index contributed by atoms with van der Waals surface area (Å²) in [5.74, 6) is 2.70. The Kier molecular flexibility index (Phi) is 6.18. The van der Waals surface area contributed by atoms with E-state index in [0.29, 0.717) is 13.0 Å². The van der Waals surface area contributed by atoms with Crippen molar-refractivity contribution in [2.75, 3.05) is 19.6 Å². The van der Waals surface area contributed by atoms with Crippen LogP contribution in [0, 0.1) is 23.2 Å². The average molecular weight is 384 g/mol. The Bertz CT molecular complexity index is 504. The molecule has 3 N–H and O–H groups in total. The molecular formula is C20H34ClN3O2. The molecule has 1 unspecified atom stereocenters. The second-order valence-corrected chi connectivity index (χ2v) is 9.34. The SMILES string of the molecule is Cl.NCC1CCCCN1C(=O)CNC(=O)CC12CC3CC(CC(C3)C1)C2. The zero-order valence-corrected chi connectivity index (χ0v) is 16.6. The number of halogens is 1. The van der Waals surface area contributed by atoms with Crippen molar-refractivity contribution in [1.82, 2.24) is 10.2 Å². The van der Waals surface area contributed by atoms with Crippen molar-refractivity contribution in [3.8, 4) is 0 Å². The van der Waals surface area contributed by atoms with Crippen LogP contribution in [0.3, 0.4) is 0 Å². The Labute approximate surface area is 163 Å². The van der Waals surface area contributed by atoms with Crippen molar-refractivity contribution < 1.29 is 9.59 Å². The van der Waals surface area contributed by atoms with Crippen LogP contribution in [0.4, 0.5) is 0 Å². The molecule has 4 bridgehead atoms. The minimum atomic E-state index is 0. The van der Waals surface area contributed by atoms with Gasteiger partial charge in [0.05, 0.1) is 6.54 Å². The molecule has 26 heavy (non-hydrogen) atoms. The summed E-state index contributed by atoms with van der Waals surface area (Å²) in [6.07, 6.45) is 11.7. The van der Waals surface area contributed by atoms with E-state index in [1.165, 1.54) is 38.5 Å². The number of rotatable bonds is 5. The number of carbonyl (C=O) groups is 2. The van der Waals surface area contributed by atoms with E-state index in [9.17, 15) is 9.59 Å². The van der Waals surface area contributed by atoms with Gasteiger partial charge in [-0.2, -0.15) is 0 Å². The van der Waals surface area contributed by atoms with E-state index in [4.69, 9.17) is 5.73 Å². The van der Waals surface area contributed by atoms with Gasteiger partial charge in [0.15, 0.2) is 0 Å². The quantitative estimate of drug-likeness (QED) is 0.765. The van der Waals surface area contributed by atoms with Gasteiger partial charge < -0.3 is 16.0 Å². The maximum atomic E-state index is 12.6. The highest BCUT2D eigenvalue weighted by Crippen LogP contribution is 2.61. The summed E-state index contributed by atoms with van der Waals surface area (Å²) in [6, 6.07) is 0.154. The highest BCUT2D eigenvalue weighted by atomic mass is 35.5. The fraction of sp³-hybridized carbons (Fsp3) is 0.900. The maximum absolute atomic E-state index is 12.6. The minimum absolute atomic E-state index is 0. The Balaban J connectivity index is 0.00000196. The van der Waals surface area contributed by atoms with Gasteiger partial charge in [-0.3, -0.25) is 9.59 Å². The third kappa shape index (κ3) is 4.04. The number of piperidine rings is 1. The van der Waals surface area contributed by atoms with Crippen LogP contribution in [0.15, 0.2) is 0 Å². The lowest BCUT2D eigenvalue weighted by atomic mass is 9.49. The van der Waals surface area contributed by atoms with Crippen molar-refractivity contribution in [3.63, 3.8) is 0 Å². The monoisotopic (exact) mass is 383 g/mol. The molecule has 1 atom stereocenters. The summed E-state index contributed by atoms with van der Waals surface area (Å²) in [7, 11) is 0. The van der Waals surface area contributed by atoms with Crippen molar-refractivity contribution >= 4 is 24.2 Å². The van der Waals surface area contributed by atoms with Gasteiger partial charge >= 0.3 is 0 Å². The molecule has 1 aliphatic heterocycles. The molecular weight excluding hydrogens is 350 g/mol. The van der Waals surface area contributed by atoms with Crippen LogP contribution >= 0.6 is 12.4 Å². The lowest BCUT2D eigenvalue weighted by Gasteiger charge is -2.56. The highest BCUT2D eigenvalue weighted by molar-refractivity contribution is 5.85. The standard InChI is InChI=1S/C20H33N3O2.ClH/c21-12-17-3-1-2-4-23(17)19(25)13-22-18(24)11-20-8-14-5-15(9-20)7-16(6-14)10-20;/h14-17H,1-13,21H2,(H,22,24);1H. The summed E-state index contributed by atoms with van der Waals surface area (Å²) >= 11 is 0. The molecule has 4 aliphatic carbocycles. The molecule has 0 aromatic rings. The lowest BCUT2D eigenvalue weighted by Crippen LogP contribution is -2.51. The van der Waals surface area contributed by atoms with E-state index in [-0.39, 0.29) is 42.2 Å². The Hall–Kier alpha value is -0.810. The van der Waals surface area contributed by atoms with E-state index in [0.717, 1.165) is 43.6 Å². The molecule has 2 amide bonds. The number of hydrogen-bond donors (Lipinski definition) is 2. The Morgan fingerprint density at radius 2 is 1.65 bits per heavy atom. The van der Waals surface area contributed by atoms with Crippen molar-refractivity contribution in [2.24, 2.45) is 28.9 Å². The first kappa shape index (κ1) is 19.9. The summed E-state index contributed by atoms with van der Waals surface area (Å²) in [4.78, 5) is 26.9. The average Bonchev–Trinajstić information content (AvgIpc) is 2.58. The summed E-state index contributed by atoms with van der Waals surface area (Å²) in [5.41, 5.74) is 6.04. The van der Waals surface area contributed by atoms with Crippen LogP contribution in [0.1, 0.15) is 64.2 Å². The van der Waals surface area contributed by atoms with Crippen LogP contribution in [-0.4, -0.2) is 42.4 Å².